The summed E-state index contributed by atoms with van der Waals surface area (Å²) in [6, 6.07) is 0. The zero-order valence-electron chi connectivity index (χ0n) is 8.47. The minimum absolute atomic E-state index is 0.262. The van der Waals surface area contributed by atoms with Gasteiger partial charge in [-0.15, -0.1) is 0 Å². The van der Waals surface area contributed by atoms with E-state index in [-0.39, 0.29) is 5.82 Å². The van der Waals surface area contributed by atoms with Crippen molar-refractivity contribution in [3.05, 3.63) is 12.0 Å². The number of halogens is 1. The van der Waals surface area contributed by atoms with Gasteiger partial charge in [-0.2, -0.15) is 4.98 Å². The molecule has 0 aliphatic heterocycles. The molecular weight excluding hydrogens is 183 g/mol. The Labute approximate surface area is 83.0 Å². The summed E-state index contributed by atoms with van der Waals surface area (Å²) < 4.78 is 13.1. The third-order valence-electron chi connectivity index (χ3n) is 1.79. The lowest BCUT2D eigenvalue weighted by atomic mass is 10.3. The van der Waals surface area contributed by atoms with Crippen LogP contribution in [-0.2, 0) is 0 Å². The van der Waals surface area contributed by atoms with E-state index in [1.165, 1.54) is 0 Å². The van der Waals surface area contributed by atoms with Gasteiger partial charge in [-0.1, -0.05) is 13.3 Å². The van der Waals surface area contributed by atoms with E-state index >= 15 is 0 Å². The number of aromatic nitrogens is 2. The molecule has 1 aromatic rings. The van der Waals surface area contributed by atoms with Crippen LogP contribution in [0.3, 0.4) is 0 Å². The molecule has 0 atom stereocenters. The van der Waals surface area contributed by atoms with Crippen molar-refractivity contribution in [1.82, 2.24) is 9.97 Å². The Morgan fingerprint density at radius 1 is 1.50 bits per heavy atom. The molecule has 4 nitrogen and oxygen atoms in total. The van der Waals surface area contributed by atoms with E-state index in [2.05, 4.69) is 27.5 Å². The van der Waals surface area contributed by atoms with Crippen LogP contribution in [0.5, 0.6) is 0 Å². The fourth-order valence-corrected chi connectivity index (χ4v) is 0.995. The molecule has 0 unspecified atom stereocenters. The summed E-state index contributed by atoms with van der Waals surface area (Å²) in [5, 5.41) is 5.68. The summed E-state index contributed by atoms with van der Waals surface area (Å²) >= 11 is 0. The van der Waals surface area contributed by atoms with Gasteiger partial charge in [0, 0.05) is 13.6 Å². The van der Waals surface area contributed by atoms with Crippen molar-refractivity contribution < 1.29 is 4.39 Å². The number of nitrogens with one attached hydrogen (secondary N) is 2. The number of rotatable bonds is 5. The first-order valence-electron chi connectivity index (χ1n) is 4.72. The average molecular weight is 198 g/mol. The second kappa shape index (κ2) is 5.36. The van der Waals surface area contributed by atoms with Gasteiger partial charge in [0.2, 0.25) is 5.95 Å². The highest BCUT2D eigenvalue weighted by Gasteiger charge is 2.04. The molecular formula is C9H15FN4. The van der Waals surface area contributed by atoms with Crippen molar-refractivity contribution in [2.75, 3.05) is 24.2 Å². The molecule has 1 aromatic heterocycles. The third-order valence-corrected chi connectivity index (χ3v) is 1.79. The molecule has 78 valence electrons. The zero-order chi connectivity index (χ0) is 10.4. The smallest absolute Gasteiger partial charge is 0.224 e. The molecule has 0 aromatic carbocycles. The van der Waals surface area contributed by atoms with Gasteiger partial charge >= 0.3 is 0 Å². The summed E-state index contributed by atoms with van der Waals surface area (Å²) in [5.74, 6) is 0.267. The Hall–Kier alpha value is -1.39. The van der Waals surface area contributed by atoms with E-state index in [1.807, 2.05) is 0 Å². The van der Waals surface area contributed by atoms with Crippen LogP contribution in [0.2, 0.25) is 0 Å². The fourth-order valence-electron chi connectivity index (χ4n) is 0.995. The Morgan fingerprint density at radius 3 is 2.93 bits per heavy atom. The topological polar surface area (TPSA) is 49.8 Å². The standard InChI is InChI=1S/C9H15FN4/c1-3-4-5-12-8-7(10)6-13-9(11-2)14-8/h6H,3-5H2,1-2H3,(H2,11,12,13,14). The maximum absolute atomic E-state index is 13.1. The lowest BCUT2D eigenvalue weighted by Crippen LogP contribution is -2.07. The van der Waals surface area contributed by atoms with E-state index in [0.29, 0.717) is 5.95 Å². The molecule has 0 fully saturated rings. The van der Waals surface area contributed by atoms with Crippen LogP contribution in [0.25, 0.3) is 0 Å². The van der Waals surface area contributed by atoms with Gasteiger partial charge in [0.15, 0.2) is 11.6 Å². The molecule has 1 rings (SSSR count). The molecule has 14 heavy (non-hydrogen) atoms. The van der Waals surface area contributed by atoms with E-state index in [0.717, 1.165) is 25.6 Å². The number of unbranched alkanes of at least 4 members (excludes halogenated alkanes) is 1. The molecule has 1 heterocycles. The fraction of sp³-hybridized carbons (Fsp3) is 0.556. The van der Waals surface area contributed by atoms with Crippen LogP contribution in [-0.4, -0.2) is 23.6 Å². The highest BCUT2D eigenvalue weighted by molar-refractivity contribution is 5.40. The first-order chi connectivity index (χ1) is 6.77. The molecule has 0 aliphatic rings. The summed E-state index contributed by atoms with van der Waals surface area (Å²) in [6.07, 6.45) is 3.23. The first kappa shape index (κ1) is 10.7. The maximum Gasteiger partial charge on any atom is 0.224 e. The van der Waals surface area contributed by atoms with Gasteiger partial charge in [-0.3, -0.25) is 0 Å². The predicted octanol–water partition coefficient (Wildman–Crippen LogP) is 1.87. The SMILES string of the molecule is CCCCNc1nc(NC)ncc1F. The van der Waals surface area contributed by atoms with Gasteiger partial charge in [-0.25, -0.2) is 9.37 Å². The number of anilines is 2. The first-order valence-corrected chi connectivity index (χ1v) is 4.72. The van der Waals surface area contributed by atoms with E-state index < -0.39 is 5.82 Å². The van der Waals surface area contributed by atoms with Crippen LogP contribution in [0.1, 0.15) is 19.8 Å². The number of nitrogens with zero attached hydrogens (tertiary/aromatic N) is 2. The van der Waals surface area contributed by atoms with Crippen LogP contribution in [0.4, 0.5) is 16.2 Å². The third kappa shape index (κ3) is 2.83. The molecule has 0 saturated carbocycles. The Kier molecular flexibility index (Phi) is 4.10. The van der Waals surface area contributed by atoms with Gasteiger partial charge in [0.05, 0.1) is 6.20 Å². The predicted molar refractivity (Wildman–Crippen MR) is 54.9 cm³/mol. The lowest BCUT2D eigenvalue weighted by molar-refractivity contribution is 0.616. The summed E-state index contributed by atoms with van der Waals surface area (Å²) in [5.41, 5.74) is 0. The minimum Gasteiger partial charge on any atom is -0.367 e. The van der Waals surface area contributed by atoms with Crippen molar-refractivity contribution >= 4 is 11.8 Å². The monoisotopic (exact) mass is 198 g/mol. The van der Waals surface area contributed by atoms with Crippen molar-refractivity contribution in [3.63, 3.8) is 0 Å². The molecule has 2 N–H and O–H groups in total. The van der Waals surface area contributed by atoms with Crippen molar-refractivity contribution in [2.24, 2.45) is 0 Å². The summed E-state index contributed by atoms with van der Waals surface area (Å²) in [6.45, 7) is 2.81. The van der Waals surface area contributed by atoms with Gasteiger partial charge in [0.25, 0.3) is 0 Å². The van der Waals surface area contributed by atoms with Gasteiger partial charge in [-0.05, 0) is 6.42 Å². The van der Waals surface area contributed by atoms with Crippen LogP contribution in [0, 0.1) is 5.82 Å². The largest absolute Gasteiger partial charge is 0.367 e. The Balaban J connectivity index is 2.64. The Morgan fingerprint density at radius 2 is 2.29 bits per heavy atom. The molecule has 0 aliphatic carbocycles. The molecule has 0 spiro atoms. The van der Waals surface area contributed by atoms with Crippen molar-refractivity contribution in [3.8, 4) is 0 Å². The highest BCUT2D eigenvalue weighted by Crippen LogP contribution is 2.11. The molecule has 5 heteroatoms. The highest BCUT2D eigenvalue weighted by atomic mass is 19.1. The van der Waals surface area contributed by atoms with Crippen molar-refractivity contribution in [2.45, 2.75) is 19.8 Å². The van der Waals surface area contributed by atoms with Crippen LogP contribution in [0.15, 0.2) is 6.20 Å². The Bertz CT molecular complexity index is 290. The second-order valence-corrected chi connectivity index (χ2v) is 2.92. The molecule has 0 saturated heterocycles. The summed E-state index contributed by atoms with van der Waals surface area (Å²) in [4.78, 5) is 7.70. The van der Waals surface area contributed by atoms with E-state index in [1.54, 1.807) is 7.05 Å². The maximum atomic E-state index is 13.1. The zero-order valence-corrected chi connectivity index (χ0v) is 8.47. The van der Waals surface area contributed by atoms with E-state index in [9.17, 15) is 4.39 Å². The van der Waals surface area contributed by atoms with Crippen LogP contribution >= 0.6 is 0 Å². The second-order valence-electron chi connectivity index (χ2n) is 2.92. The van der Waals surface area contributed by atoms with Gasteiger partial charge in [0.1, 0.15) is 0 Å². The minimum atomic E-state index is -0.417. The molecule has 0 bridgehead atoms. The summed E-state index contributed by atoms with van der Waals surface area (Å²) in [7, 11) is 1.70. The normalized spacial score (nSPS) is 9.93. The molecule has 0 radical (unpaired) electrons. The number of hydrogen-bond acceptors (Lipinski definition) is 4. The van der Waals surface area contributed by atoms with Crippen molar-refractivity contribution in [1.29, 1.82) is 0 Å². The number of hydrogen-bond donors (Lipinski definition) is 2. The van der Waals surface area contributed by atoms with Crippen LogP contribution < -0.4 is 10.6 Å². The molecule has 0 amide bonds. The van der Waals surface area contributed by atoms with E-state index in [4.69, 9.17) is 0 Å². The lowest BCUT2D eigenvalue weighted by Gasteiger charge is -2.06. The quantitative estimate of drug-likeness (QED) is 0.709. The van der Waals surface area contributed by atoms with Gasteiger partial charge < -0.3 is 10.6 Å². The average Bonchev–Trinajstić information content (AvgIpc) is 2.21.